The average molecular weight is 302 g/mol. The summed E-state index contributed by atoms with van der Waals surface area (Å²) >= 11 is 0. The third-order valence-electron chi connectivity index (χ3n) is 4.92. The van der Waals surface area contributed by atoms with E-state index in [-0.39, 0.29) is 12.1 Å². The maximum atomic E-state index is 12.6. The molecule has 2 aliphatic rings. The SMILES string of the molecule is COc1ccccc1C(C)NC(=O)N(C)C(C1CC1)C1CC1. The van der Waals surface area contributed by atoms with Crippen LogP contribution in [-0.2, 0) is 0 Å². The van der Waals surface area contributed by atoms with Gasteiger partial charge in [-0.25, -0.2) is 4.79 Å². The molecule has 0 saturated heterocycles. The molecule has 0 aromatic heterocycles. The number of methoxy groups -OCH3 is 1. The van der Waals surface area contributed by atoms with Crippen molar-refractivity contribution in [3.63, 3.8) is 0 Å². The van der Waals surface area contributed by atoms with Crippen molar-refractivity contribution < 1.29 is 9.53 Å². The zero-order chi connectivity index (χ0) is 15.7. The Morgan fingerprint density at radius 1 is 1.23 bits per heavy atom. The van der Waals surface area contributed by atoms with E-state index in [0.717, 1.165) is 23.1 Å². The molecule has 4 nitrogen and oxygen atoms in total. The predicted molar refractivity (Wildman–Crippen MR) is 86.9 cm³/mol. The molecule has 3 rings (SSSR count). The smallest absolute Gasteiger partial charge is 0.317 e. The number of benzene rings is 1. The number of para-hydroxylation sites is 1. The molecule has 0 radical (unpaired) electrons. The predicted octanol–water partition coefficient (Wildman–Crippen LogP) is 3.59. The summed E-state index contributed by atoms with van der Waals surface area (Å²) in [4.78, 5) is 14.6. The Hall–Kier alpha value is -1.71. The van der Waals surface area contributed by atoms with E-state index in [2.05, 4.69) is 5.32 Å². The van der Waals surface area contributed by atoms with E-state index >= 15 is 0 Å². The van der Waals surface area contributed by atoms with Crippen LogP contribution in [0.5, 0.6) is 5.75 Å². The van der Waals surface area contributed by atoms with Crippen molar-refractivity contribution in [3.8, 4) is 5.75 Å². The van der Waals surface area contributed by atoms with E-state index in [1.807, 2.05) is 43.1 Å². The van der Waals surface area contributed by atoms with Crippen LogP contribution >= 0.6 is 0 Å². The van der Waals surface area contributed by atoms with E-state index in [1.54, 1.807) is 7.11 Å². The van der Waals surface area contributed by atoms with Crippen LogP contribution in [0.4, 0.5) is 4.79 Å². The fourth-order valence-electron chi connectivity index (χ4n) is 3.42. The zero-order valence-corrected chi connectivity index (χ0v) is 13.7. The lowest BCUT2D eigenvalue weighted by Gasteiger charge is -2.30. The Labute approximate surface area is 132 Å². The van der Waals surface area contributed by atoms with Gasteiger partial charge in [0.1, 0.15) is 5.75 Å². The summed E-state index contributed by atoms with van der Waals surface area (Å²) in [5.41, 5.74) is 1.01. The summed E-state index contributed by atoms with van der Waals surface area (Å²) in [5.74, 6) is 2.27. The first-order chi connectivity index (χ1) is 10.6. The molecule has 0 heterocycles. The van der Waals surface area contributed by atoms with Crippen molar-refractivity contribution in [1.29, 1.82) is 0 Å². The van der Waals surface area contributed by atoms with Gasteiger partial charge in [-0.1, -0.05) is 18.2 Å². The maximum Gasteiger partial charge on any atom is 0.317 e. The highest BCUT2D eigenvalue weighted by molar-refractivity contribution is 5.75. The lowest BCUT2D eigenvalue weighted by atomic mass is 10.1. The first kappa shape index (κ1) is 15.2. The molecule has 4 heteroatoms. The van der Waals surface area contributed by atoms with Crippen LogP contribution in [0, 0.1) is 11.8 Å². The molecule has 120 valence electrons. The standard InChI is InChI=1S/C18H26N2O2/c1-12(15-6-4-5-7-16(15)22-3)19-18(21)20(2)17(13-8-9-13)14-10-11-14/h4-7,12-14,17H,8-11H2,1-3H3,(H,19,21). The minimum absolute atomic E-state index is 0.0298. The van der Waals surface area contributed by atoms with Gasteiger partial charge in [-0.2, -0.15) is 0 Å². The van der Waals surface area contributed by atoms with Gasteiger partial charge in [-0.15, -0.1) is 0 Å². The Morgan fingerprint density at radius 2 is 1.82 bits per heavy atom. The molecule has 1 N–H and O–H groups in total. The molecule has 2 amide bonds. The summed E-state index contributed by atoms with van der Waals surface area (Å²) in [6.07, 6.45) is 5.11. The highest BCUT2D eigenvalue weighted by Crippen LogP contribution is 2.46. The molecule has 1 atom stereocenters. The minimum atomic E-state index is -0.0647. The number of rotatable bonds is 6. The monoisotopic (exact) mass is 302 g/mol. The highest BCUT2D eigenvalue weighted by Gasteiger charge is 2.45. The van der Waals surface area contributed by atoms with Crippen LogP contribution in [0.3, 0.4) is 0 Å². The fraction of sp³-hybridized carbons (Fsp3) is 0.611. The van der Waals surface area contributed by atoms with Crippen LogP contribution in [0.2, 0.25) is 0 Å². The van der Waals surface area contributed by atoms with Gasteiger partial charge >= 0.3 is 6.03 Å². The molecule has 0 spiro atoms. The Bertz CT molecular complexity index is 526. The second-order valence-electron chi connectivity index (χ2n) is 6.69. The van der Waals surface area contributed by atoms with Gasteiger partial charge in [0, 0.05) is 18.7 Å². The Balaban J connectivity index is 1.65. The summed E-state index contributed by atoms with van der Waals surface area (Å²) < 4.78 is 5.39. The van der Waals surface area contributed by atoms with Crippen molar-refractivity contribution in [3.05, 3.63) is 29.8 Å². The lowest BCUT2D eigenvalue weighted by Crippen LogP contribution is -2.46. The molecule has 22 heavy (non-hydrogen) atoms. The fourth-order valence-corrected chi connectivity index (χ4v) is 3.42. The molecule has 2 aliphatic carbocycles. The molecular weight excluding hydrogens is 276 g/mol. The van der Waals surface area contributed by atoms with Crippen LogP contribution in [-0.4, -0.2) is 31.1 Å². The second-order valence-corrected chi connectivity index (χ2v) is 6.69. The lowest BCUT2D eigenvalue weighted by molar-refractivity contribution is 0.171. The first-order valence-electron chi connectivity index (χ1n) is 8.28. The van der Waals surface area contributed by atoms with Gasteiger partial charge in [0.05, 0.1) is 13.2 Å². The molecule has 0 bridgehead atoms. The quantitative estimate of drug-likeness (QED) is 0.872. The van der Waals surface area contributed by atoms with Crippen LogP contribution in [0.25, 0.3) is 0 Å². The summed E-state index contributed by atoms with van der Waals surface area (Å²) in [6.45, 7) is 2.01. The number of amides is 2. The third-order valence-corrected chi connectivity index (χ3v) is 4.92. The molecule has 2 saturated carbocycles. The summed E-state index contributed by atoms with van der Waals surface area (Å²) in [7, 11) is 3.61. The minimum Gasteiger partial charge on any atom is -0.496 e. The van der Waals surface area contributed by atoms with E-state index in [0.29, 0.717) is 6.04 Å². The molecular formula is C18H26N2O2. The van der Waals surface area contributed by atoms with Gasteiger partial charge in [0.25, 0.3) is 0 Å². The number of nitrogens with zero attached hydrogens (tertiary/aromatic N) is 1. The summed E-state index contributed by atoms with van der Waals surface area (Å²) in [5, 5.41) is 3.12. The molecule has 1 aromatic rings. The number of urea groups is 1. The van der Waals surface area contributed by atoms with Gasteiger partial charge < -0.3 is 15.0 Å². The molecule has 1 unspecified atom stereocenters. The first-order valence-corrected chi connectivity index (χ1v) is 8.28. The number of ether oxygens (including phenoxy) is 1. The second kappa shape index (κ2) is 6.19. The van der Waals surface area contributed by atoms with E-state index in [1.165, 1.54) is 25.7 Å². The van der Waals surface area contributed by atoms with Crippen LogP contribution in [0.15, 0.2) is 24.3 Å². The topological polar surface area (TPSA) is 41.6 Å². The highest BCUT2D eigenvalue weighted by atomic mass is 16.5. The number of carbonyl (C=O) groups is 1. The van der Waals surface area contributed by atoms with Crippen molar-refractivity contribution >= 4 is 6.03 Å². The van der Waals surface area contributed by atoms with Crippen molar-refractivity contribution in [1.82, 2.24) is 10.2 Å². The third kappa shape index (κ3) is 3.21. The van der Waals surface area contributed by atoms with Gasteiger partial charge in [0.2, 0.25) is 0 Å². The number of hydrogen-bond donors (Lipinski definition) is 1. The normalized spacial score (nSPS) is 18.9. The Kier molecular flexibility index (Phi) is 4.27. The van der Waals surface area contributed by atoms with Crippen molar-refractivity contribution in [2.75, 3.05) is 14.2 Å². The van der Waals surface area contributed by atoms with Crippen LogP contribution < -0.4 is 10.1 Å². The summed E-state index contributed by atoms with van der Waals surface area (Å²) in [6, 6.07) is 8.25. The van der Waals surface area contributed by atoms with Crippen molar-refractivity contribution in [2.24, 2.45) is 11.8 Å². The molecule has 1 aromatic carbocycles. The van der Waals surface area contributed by atoms with Crippen molar-refractivity contribution in [2.45, 2.75) is 44.7 Å². The number of nitrogens with one attached hydrogen (secondary N) is 1. The van der Waals surface area contributed by atoms with E-state index in [9.17, 15) is 4.79 Å². The van der Waals surface area contributed by atoms with E-state index in [4.69, 9.17) is 4.74 Å². The Morgan fingerprint density at radius 3 is 2.36 bits per heavy atom. The largest absolute Gasteiger partial charge is 0.496 e. The van der Waals surface area contributed by atoms with Crippen LogP contribution in [0.1, 0.15) is 44.2 Å². The number of hydrogen-bond acceptors (Lipinski definition) is 2. The zero-order valence-electron chi connectivity index (χ0n) is 13.7. The maximum absolute atomic E-state index is 12.6. The molecule has 0 aliphatic heterocycles. The van der Waals surface area contributed by atoms with E-state index < -0.39 is 0 Å². The average Bonchev–Trinajstić information content (AvgIpc) is 3.41. The van der Waals surface area contributed by atoms with Gasteiger partial charge in [0.15, 0.2) is 0 Å². The molecule has 2 fully saturated rings. The van der Waals surface area contributed by atoms with Gasteiger partial charge in [-0.05, 0) is 50.5 Å². The number of carbonyl (C=O) groups excluding carboxylic acids is 1. The van der Waals surface area contributed by atoms with Gasteiger partial charge in [-0.3, -0.25) is 0 Å².